The molecule has 0 aromatic heterocycles. The zero-order valence-electron chi connectivity index (χ0n) is 8.03. The van der Waals surface area contributed by atoms with Gasteiger partial charge in [-0.15, -0.1) is 18.3 Å². The molecule has 0 aliphatic carbocycles. The van der Waals surface area contributed by atoms with Gasteiger partial charge < -0.3 is 4.74 Å². The van der Waals surface area contributed by atoms with Crippen LogP contribution in [0.1, 0.15) is 10.4 Å². The van der Waals surface area contributed by atoms with Crippen LogP contribution in [0.3, 0.4) is 0 Å². The molecule has 0 heterocycles. The van der Waals surface area contributed by atoms with Gasteiger partial charge in [0.25, 0.3) is 0 Å². The lowest BCUT2D eigenvalue weighted by molar-refractivity contribution is 0.112. The summed E-state index contributed by atoms with van der Waals surface area (Å²) in [7, 11) is 1.61. The first kappa shape index (κ1) is 10.9. The van der Waals surface area contributed by atoms with Crippen molar-refractivity contribution in [2.24, 2.45) is 0 Å². The summed E-state index contributed by atoms with van der Waals surface area (Å²) in [4.78, 5) is 11.6. The summed E-state index contributed by atoms with van der Waals surface area (Å²) in [5.41, 5.74) is 0.692. The maximum atomic E-state index is 10.7. The van der Waals surface area contributed by atoms with Crippen LogP contribution in [-0.2, 0) is 0 Å². The fourth-order valence-electron chi connectivity index (χ4n) is 1.01. The lowest BCUT2D eigenvalue weighted by atomic mass is 10.2. The summed E-state index contributed by atoms with van der Waals surface area (Å²) in [6.45, 7) is 3.63. The van der Waals surface area contributed by atoms with Crippen LogP contribution in [0.2, 0.25) is 0 Å². The van der Waals surface area contributed by atoms with Gasteiger partial charge in [-0.05, 0) is 18.2 Å². The maximum absolute atomic E-state index is 10.7. The zero-order chi connectivity index (χ0) is 10.4. The average molecular weight is 208 g/mol. The van der Waals surface area contributed by atoms with E-state index in [0.717, 1.165) is 22.7 Å². The Morgan fingerprint density at radius 3 is 2.93 bits per heavy atom. The molecule has 0 amide bonds. The molecule has 1 aromatic rings. The molecule has 0 bridgehead atoms. The minimum Gasteiger partial charge on any atom is -0.497 e. The van der Waals surface area contributed by atoms with Gasteiger partial charge in [0.2, 0.25) is 0 Å². The van der Waals surface area contributed by atoms with Crippen LogP contribution in [0.4, 0.5) is 0 Å². The lowest BCUT2D eigenvalue weighted by Gasteiger charge is -2.05. The number of benzene rings is 1. The van der Waals surface area contributed by atoms with E-state index in [1.807, 2.05) is 6.07 Å². The maximum Gasteiger partial charge on any atom is 0.151 e. The highest BCUT2D eigenvalue weighted by atomic mass is 32.2. The molecule has 74 valence electrons. The number of rotatable bonds is 5. The number of aldehydes is 1. The highest BCUT2D eigenvalue weighted by molar-refractivity contribution is 7.99. The minimum atomic E-state index is 0.692. The van der Waals surface area contributed by atoms with Gasteiger partial charge in [0.05, 0.1) is 7.11 Å². The molecule has 1 aromatic carbocycles. The Bertz CT molecular complexity index is 334. The van der Waals surface area contributed by atoms with Gasteiger partial charge >= 0.3 is 0 Å². The monoisotopic (exact) mass is 208 g/mol. The fraction of sp³-hybridized carbons (Fsp3) is 0.182. The van der Waals surface area contributed by atoms with Crippen molar-refractivity contribution in [3.05, 3.63) is 36.4 Å². The van der Waals surface area contributed by atoms with E-state index < -0.39 is 0 Å². The molecule has 3 heteroatoms. The molecule has 0 N–H and O–H groups in total. The number of methoxy groups -OCH3 is 1. The summed E-state index contributed by atoms with van der Waals surface area (Å²) in [6, 6.07) is 5.40. The Hall–Kier alpha value is -1.22. The Morgan fingerprint density at radius 1 is 1.57 bits per heavy atom. The van der Waals surface area contributed by atoms with Gasteiger partial charge in [0.1, 0.15) is 5.75 Å². The molecule has 0 aliphatic rings. The average Bonchev–Trinajstić information content (AvgIpc) is 2.25. The minimum absolute atomic E-state index is 0.692. The van der Waals surface area contributed by atoms with E-state index in [-0.39, 0.29) is 0 Å². The van der Waals surface area contributed by atoms with Crippen molar-refractivity contribution in [3.63, 3.8) is 0 Å². The summed E-state index contributed by atoms with van der Waals surface area (Å²) >= 11 is 1.57. The van der Waals surface area contributed by atoms with Crippen LogP contribution in [0, 0.1) is 0 Å². The van der Waals surface area contributed by atoms with Crippen molar-refractivity contribution >= 4 is 18.0 Å². The SMILES string of the molecule is C=CCSc1cc(OC)ccc1C=O. The second-order valence-electron chi connectivity index (χ2n) is 2.62. The van der Waals surface area contributed by atoms with E-state index >= 15 is 0 Å². The van der Waals surface area contributed by atoms with Gasteiger partial charge in [-0.25, -0.2) is 0 Å². The first-order valence-electron chi connectivity index (χ1n) is 4.18. The molecule has 14 heavy (non-hydrogen) atoms. The zero-order valence-corrected chi connectivity index (χ0v) is 8.84. The van der Waals surface area contributed by atoms with E-state index in [1.54, 1.807) is 37.1 Å². The topological polar surface area (TPSA) is 26.3 Å². The highest BCUT2D eigenvalue weighted by Crippen LogP contribution is 2.26. The van der Waals surface area contributed by atoms with Crippen molar-refractivity contribution in [1.82, 2.24) is 0 Å². The van der Waals surface area contributed by atoms with E-state index in [4.69, 9.17) is 4.74 Å². The normalized spacial score (nSPS) is 9.50. The first-order chi connectivity index (χ1) is 6.81. The van der Waals surface area contributed by atoms with Gasteiger partial charge in [0, 0.05) is 16.2 Å². The van der Waals surface area contributed by atoms with Gasteiger partial charge in [0.15, 0.2) is 6.29 Å². The standard InChI is InChI=1S/C11H12O2S/c1-3-6-14-11-7-10(13-2)5-4-9(11)8-12/h3-5,7-8H,1,6H2,2H3. The summed E-state index contributed by atoms with van der Waals surface area (Å²) in [6.07, 6.45) is 2.66. The van der Waals surface area contributed by atoms with Crippen molar-refractivity contribution in [2.45, 2.75) is 4.90 Å². The van der Waals surface area contributed by atoms with Crippen molar-refractivity contribution in [2.75, 3.05) is 12.9 Å². The van der Waals surface area contributed by atoms with Crippen molar-refractivity contribution in [3.8, 4) is 5.75 Å². The van der Waals surface area contributed by atoms with Crippen LogP contribution in [0.5, 0.6) is 5.75 Å². The molecule has 0 aliphatic heterocycles. The molecule has 0 atom stereocenters. The molecular weight excluding hydrogens is 196 g/mol. The second-order valence-corrected chi connectivity index (χ2v) is 3.68. The van der Waals surface area contributed by atoms with Crippen LogP contribution in [0.15, 0.2) is 35.7 Å². The number of hydrogen-bond donors (Lipinski definition) is 0. The van der Waals surface area contributed by atoms with Crippen molar-refractivity contribution < 1.29 is 9.53 Å². The molecule has 0 radical (unpaired) electrons. The van der Waals surface area contributed by atoms with E-state index in [9.17, 15) is 4.79 Å². The molecular formula is C11H12O2S. The number of carbonyl (C=O) groups is 1. The fourth-order valence-corrected chi connectivity index (χ4v) is 1.79. The summed E-state index contributed by atoms with van der Waals surface area (Å²) in [5, 5.41) is 0. The van der Waals surface area contributed by atoms with E-state index in [0.29, 0.717) is 5.56 Å². The number of hydrogen-bond acceptors (Lipinski definition) is 3. The Labute approximate surface area is 88.0 Å². The Balaban J connectivity index is 2.95. The lowest BCUT2D eigenvalue weighted by Crippen LogP contribution is -1.89. The predicted molar refractivity (Wildman–Crippen MR) is 59.3 cm³/mol. The third-order valence-electron chi connectivity index (χ3n) is 1.70. The molecule has 0 unspecified atom stereocenters. The third kappa shape index (κ3) is 2.64. The molecule has 0 fully saturated rings. The smallest absolute Gasteiger partial charge is 0.151 e. The third-order valence-corrected chi connectivity index (χ3v) is 2.77. The quantitative estimate of drug-likeness (QED) is 0.423. The van der Waals surface area contributed by atoms with Crippen LogP contribution >= 0.6 is 11.8 Å². The number of carbonyl (C=O) groups excluding carboxylic acids is 1. The van der Waals surface area contributed by atoms with Crippen LogP contribution < -0.4 is 4.74 Å². The Morgan fingerprint density at radius 2 is 2.36 bits per heavy atom. The molecule has 0 saturated carbocycles. The van der Waals surface area contributed by atoms with Gasteiger partial charge in [-0.3, -0.25) is 4.79 Å². The van der Waals surface area contributed by atoms with Gasteiger partial charge in [-0.2, -0.15) is 0 Å². The first-order valence-corrected chi connectivity index (χ1v) is 5.17. The van der Waals surface area contributed by atoms with Crippen molar-refractivity contribution in [1.29, 1.82) is 0 Å². The summed E-state index contributed by atoms with van der Waals surface area (Å²) < 4.78 is 5.08. The molecule has 1 rings (SSSR count). The van der Waals surface area contributed by atoms with E-state index in [2.05, 4.69) is 6.58 Å². The van der Waals surface area contributed by atoms with Crippen LogP contribution in [-0.4, -0.2) is 19.1 Å². The molecule has 0 spiro atoms. The highest BCUT2D eigenvalue weighted by Gasteiger charge is 2.03. The second kappa shape index (κ2) is 5.50. The number of ether oxygens (including phenoxy) is 1. The van der Waals surface area contributed by atoms with Gasteiger partial charge in [-0.1, -0.05) is 6.08 Å². The molecule has 0 saturated heterocycles. The van der Waals surface area contributed by atoms with E-state index in [1.165, 1.54) is 0 Å². The van der Waals surface area contributed by atoms with Crippen LogP contribution in [0.25, 0.3) is 0 Å². The number of thioether (sulfide) groups is 1. The molecule has 2 nitrogen and oxygen atoms in total. The largest absolute Gasteiger partial charge is 0.497 e. The Kier molecular flexibility index (Phi) is 4.26. The predicted octanol–water partition coefficient (Wildman–Crippen LogP) is 2.79. The summed E-state index contributed by atoms with van der Waals surface area (Å²) in [5.74, 6) is 1.55.